The Kier molecular flexibility index (Phi) is 5.99. The summed E-state index contributed by atoms with van der Waals surface area (Å²) < 4.78 is 10.1. The zero-order valence-corrected chi connectivity index (χ0v) is 13.2. The molecule has 0 bridgehead atoms. The molecule has 0 unspecified atom stereocenters. The van der Waals surface area contributed by atoms with Gasteiger partial charge in [0.1, 0.15) is 11.5 Å². The fraction of sp³-hybridized carbons (Fsp3) is 0.267. The van der Waals surface area contributed by atoms with Gasteiger partial charge < -0.3 is 19.9 Å². The van der Waals surface area contributed by atoms with Crippen LogP contribution in [0, 0.1) is 6.92 Å². The molecule has 8 heteroatoms. The molecular weight excluding hydrogens is 322 g/mol. The molecule has 1 heterocycles. The van der Waals surface area contributed by atoms with Gasteiger partial charge >= 0.3 is 0 Å². The maximum atomic E-state index is 11.6. The lowest BCUT2D eigenvalue weighted by Gasteiger charge is -2.07. The molecule has 2 aromatic rings. The smallest absolute Gasteiger partial charge is 0.257 e. The van der Waals surface area contributed by atoms with Gasteiger partial charge in [0, 0.05) is 24.1 Å². The monoisotopic (exact) mass is 337 g/mol. The molecular formula is C15H16ClN3O4. The third kappa shape index (κ3) is 5.99. The molecule has 0 fully saturated rings. The van der Waals surface area contributed by atoms with E-state index in [1.165, 1.54) is 0 Å². The van der Waals surface area contributed by atoms with Crippen molar-refractivity contribution < 1.29 is 18.8 Å². The van der Waals surface area contributed by atoms with E-state index in [0.29, 0.717) is 22.4 Å². The first kappa shape index (κ1) is 16.8. The van der Waals surface area contributed by atoms with Gasteiger partial charge in [0.25, 0.3) is 5.91 Å². The van der Waals surface area contributed by atoms with Crippen LogP contribution in [-0.2, 0) is 9.59 Å². The fourth-order valence-corrected chi connectivity index (χ4v) is 1.80. The largest absolute Gasteiger partial charge is 0.484 e. The Labute approximate surface area is 137 Å². The van der Waals surface area contributed by atoms with E-state index in [1.54, 1.807) is 37.3 Å². The summed E-state index contributed by atoms with van der Waals surface area (Å²) in [5.41, 5.74) is 0. The number of aryl methyl sites for hydroxylation is 1. The Balaban J connectivity index is 1.62. The van der Waals surface area contributed by atoms with Gasteiger partial charge in [-0.3, -0.25) is 9.59 Å². The van der Waals surface area contributed by atoms with Crippen LogP contribution in [0.2, 0.25) is 5.02 Å². The average Bonchev–Trinajstić information content (AvgIpc) is 2.91. The predicted molar refractivity (Wildman–Crippen MR) is 84.4 cm³/mol. The molecule has 0 aliphatic carbocycles. The van der Waals surface area contributed by atoms with Crippen molar-refractivity contribution in [2.45, 2.75) is 13.3 Å². The predicted octanol–water partition coefficient (Wildman–Crippen LogP) is 2.16. The highest BCUT2D eigenvalue weighted by Crippen LogP contribution is 2.15. The van der Waals surface area contributed by atoms with Crippen molar-refractivity contribution in [3.63, 3.8) is 0 Å². The first-order chi connectivity index (χ1) is 11.0. The van der Waals surface area contributed by atoms with Crippen molar-refractivity contribution in [2.75, 3.05) is 18.5 Å². The zero-order valence-electron chi connectivity index (χ0n) is 12.5. The van der Waals surface area contributed by atoms with Gasteiger partial charge in [-0.2, -0.15) is 0 Å². The van der Waals surface area contributed by atoms with E-state index < -0.39 is 0 Å². The van der Waals surface area contributed by atoms with Crippen molar-refractivity contribution in [3.05, 3.63) is 41.1 Å². The summed E-state index contributed by atoms with van der Waals surface area (Å²) in [4.78, 5) is 23.2. The molecule has 0 atom stereocenters. The summed E-state index contributed by atoms with van der Waals surface area (Å²) in [6, 6.07) is 8.29. The summed E-state index contributed by atoms with van der Waals surface area (Å²) in [7, 11) is 0. The maximum absolute atomic E-state index is 11.6. The molecule has 122 valence electrons. The minimum atomic E-state index is -0.315. The molecule has 2 amide bonds. The van der Waals surface area contributed by atoms with E-state index in [2.05, 4.69) is 15.8 Å². The lowest BCUT2D eigenvalue weighted by atomic mass is 10.3. The number of nitrogens with zero attached hydrogens (tertiary/aromatic N) is 1. The molecule has 0 aliphatic rings. The van der Waals surface area contributed by atoms with Crippen molar-refractivity contribution in [1.29, 1.82) is 0 Å². The molecule has 23 heavy (non-hydrogen) atoms. The van der Waals surface area contributed by atoms with Gasteiger partial charge in [-0.05, 0) is 31.2 Å². The number of hydrogen-bond acceptors (Lipinski definition) is 5. The van der Waals surface area contributed by atoms with Gasteiger partial charge in [-0.15, -0.1) is 0 Å². The Hall–Kier alpha value is -2.54. The number of anilines is 1. The highest BCUT2D eigenvalue weighted by molar-refractivity contribution is 6.30. The highest BCUT2D eigenvalue weighted by Gasteiger charge is 2.07. The van der Waals surface area contributed by atoms with Crippen LogP contribution >= 0.6 is 11.6 Å². The molecule has 0 radical (unpaired) electrons. The van der Waals surface area contributed by atoms with E-state index in [0.717, 1.165) is 0 Å². The summed E-state index contributed by atoms with van der Waals surface area (Å²) >= 11 is 5.75. The van der Waals surface area contributed by atoms with Gasteiger partial charge in [-0.1, -0.05) is 16.8 Å². The van der Waals surface area contributed by atoms with Crippen molar-refractivity contribution in [1.82, 2.24) is 10.5 Å². The van der Waals surface area contributed by atoms with Gasteiger partial charge in [0.15, 0.2) is 12.4 Å². The molecule has 0 saturated heterocycles. The van der Waals surface area contributed by atoms with Gasteiger partial charge in [0.05, 0.1) is 0 Å². The number of halogens is 1. The SMILES string of the molecule is Cc1cc(NC(=O)CCNC(=O)COc2ccc(Cl)cc2)no1. The quantitative estimate of drug-likeness (QED) is 0.807. The highest BCUT2D eigenvalue weighted by atomic mass is 35.5. The molecule has 2 rings (SSSR count). The van der Waals surface area contributed by atoms with Crippen molar-refractivity contribution >= 4 is 29.2 Å². The Morgan fingerprint density at radius 3 is 2.65 bits per heavy atom. The molecule has 0 saturated carbocycles. The number of ether oxygens (including phenoxy) is 1. The molecule has 1 aromatic carbocycles. The van der Waals surface area contributed by atoms with Crippen LogP contribution in [0.1, 0.15) is 12.2 Å². The van der Waals surface area contributed by atoms with E-state index in [1.807, 2.05) is 0 Å². The lowest BCUT2D eigenvalue weighted by molar-refractivity contribution is -0.123. The lowest BCUT2D eigenvalue weighted by Crippen LogP contribution is -2.31. The maximum Gasteiger partial charge on any atom is 0.257 e. The van der Waals surface area contributed by atoms with Gasteiger partial charge in [0.2, 0.25) is 5.91 Å². The zero-order chi connectivity index (χ0) is 16.7. The Morgan fingerprint density at radius 2 is 2.00 bits per heavy atom. The minimum Gasteiger partial charge on any atom is -0.484 e. The van der Waals surface area contributed by atoms with Crippen LogP contribution in [0.5, 0.6) is 5.75 Å². The summed E-state index contributed by atoms with van der Waals surface area (Å²) in [6.07, 6.45) is 0.124. The molecule has 1 aromatic heterocycles. The summed E-state index contributed by atoms with van der Waals surface area (Å²) in [5.74, 6) is 0.920. The standard InChI is InChI=1S/C15H16ClN3O4/c1-10-8-13(19-23-10)18-14(20)6-7-17-15(21)9-22-12-4-2-11(16)3-5-12/h2-5,8H,6-7,9H2,1H3,(H,17,21)(H,18,19,20). The van der Waals surface area contributed by atoms with Crippen LogP contribution in [0.3, 0.4) is 0 Å². The van der Waals surface area contributed by atoms with Crippen LogP contribution in [-0.4, -0.2) is 30.1 Å². The fourth-order valence-electron chi connectivity index (χ4n) is 1.68. The van der Waals surface area contributed by atoms with Gasteiger partial charge in [-0.25, -0.2) is 0 Å². The van der Waals surface area contributed by atoms with Crippen LogP contribution in [0.15, 0.2) is 34.9 Å². The number of amides is 2. The summed E-state index contributed by atoms with van der Waals surface area (Å²) in [5, 5.41) is 9.39. The van der Waals surface area contributed by atoms with Crippen LogP contribution in [0.4, 0.5) is 5.82 Å². The first-order valence-corrected chi connectivity index (χ1v) is 7.29. The Morgan fingerprint density at radius 1 is 1.26 bits per heavy atom. The molecule has 2 N–H and O–H groups in total. The van der Waals surface area contributed by atoms with E-state index in [-0.39, 0.29) is 31.4 Å². The van der Waals surface area contributed by atoms with Crippen LogP contribution in [0.25, 0.3) is 0 Å². The third-order valence-electron chi connectivity index (χ3n) is 2.75. The third-order valence-corrected chi connectivity index (χ3v) is 3.01. The van der Waals surface area contributed by atoms with E-state index in [9.17, 15) is 9.59 Å². The number of benzene rings is 1. The molecule has 0 aliphatic heterocycles. The van der Waals surface area contributed by atoms with E-state index in [4.69, 9.17) is 20.9 Å². The van der Waals surface area contributed by atoms with Crippen LogP contribution < -0.4 is 15.4 Å². The molecule has 0 spiro atoms. The number of nitrogens with one attached hydrogen (secondary N) is 2. The average molecular weight is 338 g/mol. The number of rotatable bonds is 7. The second-order valence-electron chi connectivity index (χ2n) is 4.71. The number of carbonyl (C=O) groups is 2. The van der Waals surface area contributed by atoms with E-state index >= 15 is 0 Å². The van der Waals surface area contributed by atoms with Crippen molar-refractivity contribution in [3.8, 4) is 5.75 Å². The normalized spacial score (nSPS) is 10.2. The number of carbonyl (C=O) groups excluding carboxylic acids is 2. The Bertz CT molecular complexity index is 670. The minimum absolute atomic E-state index is 0.124. The second kappa shape index (κ2) is 8.19. The number of aromatic nitrogens is 1. The van der Waals surface area contributed by atoms with Crippen molar-refractivity contribution in [2.24, 2.45) is 0 Å². The topological polar surface area (TPSA) is 93.5 Å². The molecule has 7 nitrogen and oxygen atoms in total. The number of hydrogen-bond donors (Lipinski definition) is 2. The first-order valence-electron chi connectivity index (χ1n) is 6.91. The summed E-state index contributed by atoms with van der Waals surface area (Å²) in [6.45, 7) is 1.79. The second-order valence-corrected chi connectivity index (χ2v) is 5.15.